The number of para-hydroxylation sites is 1. The minimum Gasteiger partial charge on any atom is -0.493 e. The Hall–Kier alpha value is -3.01. The number of carbonyl (C=O) groups excluding carboxylic acids is 2. The predicted molar refractivity (Wildman–Crippen MR) is 90.7 cm³/mol. The number of aromatic nitrogens is 1. The molecule has 2 rings (SSSR count). The molecule has 0 radical (unpaired) electrons. The van der Waals surface area contributed by atoms with Crippen molar-refractivity contribution in [2.45, 2.75) is 6.61 Å². The number of halogens is 2. The normalized spacial score (nSPS) is 10.8. The summed E-state index contributed by atoms with van der Waals surface area (Å²) in [5.41, 5.74) is 0.231. The molecule has 0 saturated carbocycles. The molecule has 1 amide bonds. The van der Waals surface area contributed by atoms with E-state index in [1.165, 1.54) is 38.6 Å². The maximum absolute atomic E-state index is 12.6. The fourth-order valence-electron chi connectivity index (χ4n) is 1.88. The summed E-state index contributed by atoms with van der Waals surface area (Å²) < 4.78 is 39.1. The molecule has 0 spiro atoms. The molecule has 1 aromatic carbocycles. The average molecular weight is 384 g/mol. The van der Waals surface area contributed by atoms with Crippen LogP contribution in [0.3, 0.4) is 0 Å². The number of nitrogens with one attached hydrogen (secondary N) is 1. The zero-order valence-corrected chi connectivity index (χ0v) is 14.5. The van der Waals surface area contributed by atoms with Gasteiger partial charge >= 0.3 is 12.6 Å². The molecule has 1 N–H and O–H groups in total. The van der Waals surface area contributed by atoms with Crippen molar-refractivity contribution in [3.8, 4) is 11.5 Å². The van der Waals surface area contributed by atoms with Crippen molar-refractivity contribution >= 4 is 34.4 Å². The summed E-state index contributed by atoms with van der Waals surface area (Å²) >= 11 is 0.938. The van der Waals surface area contributed by atoms with E-state index in [2.05, 4.69) is 19.8 Å². The number of nitrogens with zero attached hydrogens (tertiary/aromatic N) is 1. The molecule has 0 bridgehead atoms. The largest absolute Gasteiger partial charge is 0.493 e. The van der Waals surface area contributed by atoms with Crippen LogP contribution < -0.4 is 14.8 Å². The second-order valence-electron chi connectivity index (χ2n) is 4.60. The molecule has 138 valence electrons. The fourth-order valence-corrected chi connectivity index (χ4v) is 2.62. The highest BCUT2D eigenvalue weighted by atomic mass is 32.1. The number of anilines is 1. The first-order chi connectivity index (χ1) is 12.4. The van der Waals surface area contributed by atoms with Crippen LogP contribution in [0.1, 0.15) is 15.2 Å². The summed E-state index contributed by atoms with van der Waals surface area (Å²) in [5, 5.41) is 2.64. The standard InChI is InChI=1S/C16H14F2N2O5S/c1-23-10-5-3-4-9(13(10)25-15(17)18)6-7-12(21)20-16-19-8-11(26-16)14(22)24-2/h3-8,15H,1-2H3,(H,19,20,21)/b7-6+. The lowest BCUT2D eigenvalue weighted by Crippen LogP contribution is -2.08. The molecule has 0 aliphatic heterocycles. The van der Waals surface area contributed by atoms with Crippen molar-refractivity contribution < 1.29 is 32.6 Å². The van der Waals surface area contributed by atoms with Crippen molar-refractivity contribution in [1.29, 1.82) is 0 Å². The van der Waals surface area contributed by atoms with Crippen LogP contribution in [0.2, 0.25) is 0 Å². The number of amides is 1. The number of esters is 1. The predicted octanol–water partition coefficient (Wildman–Crippen LogP) is 3.19. The molecular formula is C16H14F2N2O5S. The number of alkyl halides is 2. The molecule has 2 aromatic rings. The van der Waals surface area contributed by atoms with Gasteiger partial charge in [0, 0.05) is 11.6 Å². The Morgan fingerprint density at radius 2 is 2.08 bits per heavy atom. The Bertz CT molecular complexity index is 823. The molecule has 0 fully saturated rings. The van der Waals surface area contributed by atoms with Crippen LogP contribution in [0.25, 0.3) is 6.08 Å². The molecule has 1 heterocycles. The summed E-state index contributed by atoms with van der Waals surface area (Å²) in [6.07, 6.45) is 3.68. The first-order valence-electron chi connectivity index (χ1n) is 7.09. The highest BCUT2D eigenvalue weighted by Crippen LogP contribution is 2.33. The van der Waals surface area contributed by atoms with Crippen molar-refractivity contribution in [3.63, 3.8) is 0 Å². The van der Waals surface area contributed by atoms with E-state index in [9.17, 15) is 18.4 Å². The van der Waals surface area contributed by atoms with Gasteiger partial charge in [0.15, 0.2) is 16.6 Å². The number of carbonyl (C=O) groups is 2. The Balaban J connectivity index is 2.12. The summed E-state index contributed by atoms with van der Waals surface area (Å²) in [5.74, 6) is -1.21. The zero-order valence-electron chi connectivity index (χ0n) is 13.7. The van der Waals surface area contributed by atoms with Gasteiger partial charge in [-0.2, -0.15) is 8.78 Å². The van der Waals surface area contributed by atoms with Crippen molar-refractivity contribution in [2.75, 3.05) is 19.5 Å². The molecule has 0 saturated heterocycles. The van der Waals surface area contributed by atoms with Gasteiger partial charge in [-0.05, 0) is 12.1 Å². The minimum absolute atomic E-state index is 0.107. The smallest absolute Gasteiger partial charge is 0.387 e. The van der Waals surface area contributed by atoms with Gasteiger partial charge in [-0.1, -0.05) is 23.5 Å². The van der Waals surface area contributed by atoms with Gasteiger partial charge in [-0.25, -0.2) is 9.78 Å². The lowest BCUT2D eigenvalue weighted by atomic mass is 10.1. The average Bonchev–Trinajstić information content (AvgIpc) is 3.08. The summed E-state index contributed by atoms with van der Waals surface area (Å²) in [6.45, 7) is -3.04. The second-order valence-corrected chi connectivity index (χ2v) is 5.63. The summed E-state index contributed by atoms with van der Waals surface area (Å²) in [7, 11) is 2.55. The number of methoxy groups -OCH3 is 2. The van der Waals surface area contributed by atoms with Gasteiger partial charge in [0.1, 0.15) is 4.88 Å². The number of rotatable bonds is 7. The maximum Gasteiger partial charge on any atom is 0.387 e. The number of hydrogen-bond acceptors (Lipinski definition) is 7. The topological polar surface area (TPSA) is 86.8 Å². The number of ether oxygens (including phenoxy) is 3. The van der Waals surface area contributed by atoms with Crippen LogP contribution in [0, 0.1) is 0 Å². The summed E-state index contributed by atoms with van der Waals surface area (Å²) in [4.78, 5) is 27.4. The Kier molecular flexibility index (Phi) is 6.61. The molecule has 0 aliphatic carbocycles. The molecule has 10 heteroatoms. The monoisotopic (exact) mass is 384 g/mol. The molecule has 1 aromatic heterocycles. The van der Waals surface area contributed by atoms with E-state index >= 15 is 0 Å². The van der Waals surface area contributed by atoms with Gasteiger partial charge in [0.2, 0.25) is 5.91 Å². The highest BCUT2D eigenvalue weighted by Gasteiger charge is 2.14. The molecular weight excluding hydrogens is 370 g/mol. The molecule has 26 heavy (non-hydrogen) atoms. The van der Waals surface area contributed by atoms with Crippen LogP contribution in [0.15, 0.2) is 30.5 Å². The lowest BCUT2D eigenvalue weighted by Gasteiger charge is -2.12. The second kappa shape index (κ2) is 8.90. The minimum atomic E-state index is -3.04. The summed E-state index contributed by atoms with van der Waals surface area (Å²) in [6, 6.07) is 4.51. The lowest BCUT2D eigenvalue weighted by molar-refractivity contribution is -0.111. The van der Waals surface area contributed by atoms with Crippen LogP contribution >= 0.6 is 11.3 Å². The quantitative estimate of drug-likeness (QED) is 0.583. The van der Waals surface area contributed by atoms with E-state index in [4.69, 9.17) is 4.74 Å². The molecule has 0 atom stereocenters. The van der Waals surface area contributed by atoms with Crippen molar-refractivity contribution in [2.24, 2.45) is 0 Å². The Morgan fingerprint density at radius 1 is 1.31 bits per heavy atom. The first-order valence-corrected chi connectivity index (χ1v) is 7.91. The van der Waals surface area contributed by atoms with Gasteiger partial charge in [0.25, 0.3) is 0 Å². The highest BCUT2D eigenvalue weighted by molar-refractivity contribution is 7.17. The van der Waals surface area contributed by atoms with Gasteiger partial charge < -0.3 is 14.2 Å². The molecule has 7 nitrogen and oxygen atoms in total. The van der Waals surface area contributed by atoms with E-state index < -0.39 is 18.5 Å². The fraction of sp³-hybridized carbons (Fsp3) is 0.188. The van der Waals surface area contributed by atoms with Crippen LogP contribution in [0.4, 0.5) is 13.9 Å². The van der Waals surface area contributed by atoms with Gasteiger partial charge in [0.05, 0.1) is 20.4 Å². The third-order valence-corrected chi connectivity index (χ3v) is 3.87. The van der Waals surface area contributed by atoms with E-state index in [1.54, 1.807) is 6.07 Å². The van der Waals surface area contributed by atoms with Crippen LogP contribution in [0.5, 0.6) is 11.5 Å². The number of benzene rings is 1. The van der Waals surface area contributed by atoms with Crippen molar-refractivity contribution in [1.82, 2.24) is 4.98 Å². The van der Waals surface area contributed by atoms with Gasteiger partial charge in [-0.3, -0.25) is 10.1 Å². The van der Waals surface area contributed by atoms with Crippen molar-refractivity contribution in [3.05, 3.63) is 40.9 Å². The number of hydrogen-bond donors (Lipinski definition) is 1. The molecule has 0 aliphatic rings. The van der Waals surface area contributed by atoms with E-state index in [-0.39, 0.29) is 27.1 Å². The third kappa shape index (κ3) is 4.99. The third-order valence-electron chi connectivity index (χ3n) is 2.97. The van der Waals surface area contributed by atoms with Crippen LogP contribution in [-0.4, -0.2) is 37.7 Å². The Morgan fingerprint density at radius 3 is 2.73 bits per heavy atom. The van der Waals surface area contributed by atoms with E-state index in [0.717, 1.165) is 17.4 Å². The number of thiazole rings is 1. The van der Waals surface area contributed by atoms with Gasteiger partial charge in [-0.15, -0.1) is 0 Å². The van der Waals surface area contributed by atoms with E-state index in [0.29, 0.717) is 0 Å². The van der Waals surface area contributed by atoms with Crippen LogP contribution in [-0.2, 0) is 9.53 Å². The molecule has 0 unspecified atom stereocenters. The first kappa shape index (κ1) is 19.3. The maximum atomic E-state index is 12.6. The Labute approximate surface area is 151 Å². The SMILES string of the molecule is COC(=O)c1cnc(NC(=O)/C=C/c2cccc(OC)c2OC(F)F)s1. The van der Waals surface area contributed by atoms with E-state index in [1.807, 2.05) is 0 Å². The zero-order chi connectivity index (χ0) is 19.1.